The molecule has 5 heteroatoms. The van der Waals surface area contributed by atoms with Crippen molar-refractivity contribution >= 4 is 58.7 Å². The molecule has 0 saturated carbocycles. The predicted molar refractivity (Wildman–Crippen MR) is 90.3 cm³/mol. The summed E-state index contributed by atoms with van der Waals surface area (Å²) in [5.74, 6) is 0. The van der Waals surface area contributed by atoms with E-state index in [1.165, 1.54) is 17.3 Å². The number of para-hydroxylation sites is 1. The van der Waals surface area contributed by atoms with Crippen LogP contribution in [0.4, 0.5) is 0 Å². The second-order valence-electron chi connectivity index (χ2n) is 3.70. The zero-order valence-corrected chi connectivity index (χ0v) is 14.9. The second kappa shape index (κ2) is 9.98. The Morgan fingerprint density at radius 2 is 1.61 bits per heavy atom. The van der Waals surface area contributed by atoms with Crippen molar-refractivity contribution < 1.29 is 0 Å². The lowest BCUT2D eigenvalue weighted by molar-refractivity contribution is 0.627. The third-order valence-electron chi connectivity index (χ3n) is 2.32. The minimum absolute atomic E-state index is 0.985. The summed E-state index contributed by atoms with van der Waals surface area (Å²) in [5, 5.41) is 8.80. The highest BCUT2D eigenvalue weighted by Gasteiger charge is 1.99. The van der Waals surface area contributed by atoms with Crippen molar-refractivity contribution in [1.82, 2.24) is 9.78 Å². The smallest absolute Gasteiger partial charge is 0.0682 e. The Kier molecular flexibility index (Phi) is 8.98. The molecule has 0 aliphatic carbocycles. The number of alkyl halides is 3. The maximum Gasteiger partial charge on any atom is 0.0682 e. The molecule has 0 fully saturated rings. The van der Waals surface area contributed by atoms with Crippen LogP contribution in [0.15, 0.2) is 30.5 Å². The molecule has 0 bridgehead atoms. The van der Waals surface area contributed by atoms with E-state index < -0.39 is 0 Å². The summed E-state index contributed by atoms with van der Waals surface area (Å²) in [6.07, 6.45) is 4.26. The third kappa shape index (κ3) is 5.41. The van der Waals surface area contributed by atoms with Crippen LogP contribution in [0.3, 0.4) is 0 Å². The van der Waals surface area contributed by atoms with E-state index in [9.17, 15) is 0 Å². The Labute approximate surface area is 134 Å². The molecule has 1 aromatic carbocycles. The summed E-state index contributed by atoms with van der Waals surface area (Å²) in [6, 6.07) is 8.29. The van der Waals surface area contributed by atoms with Gasteiger partial charge < -0.3 is 0 Å². The lowest BCUT2D eigenvalue weighted by atomic mass is 10.2. The van der Waals surface area contributed by atoms with Crippen LogP contribution in [-0.4, -0.2) is 25.8 Å². The number of nitrogens with zero attached hydrogens (tertiary/aromatic N) is 2. The average Bonchev–Trinajstić information content (AvgIpc) is 2.81. The number of aryl methyl sites for hydroxylation is 1. The van der Waals surface area contributed by atoms with Crippen molar-refractivity contribution in [3.8, 4) is 0 Å². The van der Waals surface area contributed by atoms with Crippen molar-refractivity contribution in [3.63, 3.8) is 0 Å². The van der Waals surface area contributed by atoms with Gasteiger partial charge in [-0.3, -0.25) is 4.68 Å². The van der Waals surface area contributed by atoms with Crippen LogP contribution in [-0.2, 0) is 6.54 Å². The third-order valence-corrected chi connectivity index (χ3v) is 4.00. The fourth-order valence-corrected chi connectivity index (χ4v) is 3.03. The molecule has 0 spiro atoms. The van der Waals surface area contributed by atoms with Crippen LogP contribution in [0, 0.1) is 0 Å². The van der Waals surface area contributed by atoms with E-state index in [1.54, 1.807) is 0 Å². The highest BCUT2D eigenvalue weighted by Crippen LogP contribution is 2.12. The van der Waals surface area contributed by atoms with E-state index in [-0.39, 0.29) is 0 Å². The van der Waals surface area contributed by atoms with Crippen molar-refractivity contribution in [3.05, 3.63) is 30.5 Å². The molecule has 0 unspecified atom stereocenters. The highest BCUT2D eigenvalue weighted by molar-refractivity contribution is 9.09. The van der Waals surface area contributed by atoms with Gasteiger partial charge in [-0.1, -0.05) is 66.0 Å². The summed E-state index contributed by atoms with van der Waals surface area (Å²) in [6.45, 7) is 0.985. The second-order valence-corrected chi connectivity index (χ2v) is 6.08. The van der Waals surface area contributed by atoms with E-state index in [1.807, 2.05) is 12.3 Å². The standard InChI is InChI=1S/C10H11BrN2.C3H6Br2/c11-6-3-7-13-10-5-2-1-4-9(10)8-12-13;4-2-1-3-5/h1-2,4-5,8H,3,6-7H2;1-3H2. The molecule has 0 amide bonds. The number of hydrogen-bond donors (Lipinski definition) is 0. The fourth-order valence-electron chi connectivity index (χ4n) is 1.46. The molecule has 0 atom stereocenters. The summed E-state index contributed by atoms with van der Waals surface area (Å²) in [4.78, 5) is 0. The number of fused-ring (bicyclic) bond motifs is 1. The lowest BCUT2D eigenvalue weighted by Crippen LogP contribution is -1.99. The Morgan fingerprint density at radius 3 is 2.22 bits per heavy atom. The molecular formula is C13H17Br3N2. The van der Waals surface area contributed by atoms with Crippen LogP contribution in [0.5, 0.6) is 0 Å². The zero-order chi connectivity index (χ0) is 13.2. The maximum atomic E-state index is 4.33. The van der Waals surface area contributed by atoms with Gasteiger partial charge in [-0.2, -0.15) is 5.10 Å². The average molecular weight is 441 g/mol. The molecule has 18 heavy (non-hydrogen) atoms. The van der Waals surface area contributed by atoms with Gasteiger partial charge in [0.1, 0.15) is 0 Å². The maximum absolute atomic E-state index is 4.33. The predicted octanol–water partition coefficient (Wildman–Crippen LogP) is 4.99. The fraction of sp³-hybridized carbons (Fsp3) is 0.462. The van der Waals surface area contributed by atoms with Gasteiger partial charge in [-0.25, -0.2) is 0 Å². The monoisotopic (exact) mass is 438 g/mol. The number of rotatable bonds is 5. The first-order valence-corrected chi connectivity index (χ1v) is 9.28. The van der Waals surface area contributed by atoms with Crippen LogP contribution in [0.1, 0.15) is 12.8 Å². The normalized spacial score (nSPS) is 10.2. The van der Waals surface area contributed by atoms with E-state index in [2.05, 4.69) is 75.8 Å². The summed E-state index contributed by atoms with van der Waals surface area (Å²) < 4.78 is 2.05. The van der Waals surface area contributed by atoms with Gasteiger partial charge in [0.05, 0.1) is 11.7 Å². The van der Waals surface area contributed by atoms with E-state index >= 15 is 0 Å². The molecule has 0 aliphatic heterocycles. The summed E-state index contributed by atoms with van der Waals surface area (Å²) in [7, 11) is 0. The van der Waals surface area contributed by atoms with E-state index in [0.29, 0.717) is 0 Å². The largest absolute Gasteiger partial charge is 0.265 e. The van der Waals surface area contributed by atoms with Crippen molar-refractivity contribution in [2.45, 2.75) is 19.4 Å². The molecule has 0 N–H and O–H groups in total. The van der Waals surface area contributed by atoms with Crippen LogP contribution in [0.25, 0.3) is 10.9 Å². The molecule has 0 aliphatic rings. The van der Waals surface area contributed by atoms with Gasteiger partial charge in [0.25, 0.3) is 0 Å². The van der Waals surface area contributed by atoms with Gasteiger partial charge in [-0.15, -0.1) is 0 Å². The minimum Gasteiger partial charge on any atom is -0.265 e. The molecule has 2 aromatic rings. The van der Waals surface area contributed by atoms with Gasteiger partial charge in [0, 0.05) is 27.9 Å². The first kappa shape index (κ1) is 16.2. The number of aromatic nitrogens is 2. The minimum atomic E-state index is 0.985. The Bertz CT molecular complexity index is 440. The topological polar surface area (TPSA) is 17.8 Å². The lowest BCUT2D eigenvalue weighted by Gasteiger charge is -2.00. The molecule has 0 radical (unpaired) electrons. The number of hydrogen-bond acceptors (Lipinski definition) is 1. The summed E-state index contributed by atoms with van der Waals surface area (Å²) >= 11 is 9.98. The molecular weight excluding hydrogens is 424 g/mol. The van der Waals surface area contributed by atoms with Crippen molar-refractivity contribution in [1.29, 1.82) is 0 Å². The van der Waals surface area contributed by atoms with Crippen LogP contribution >= 0.6 is 47.8 Å². The first-order chi connectivity index (χ1) is 8.83. The zero-order valence-electron chi connectivity index (χ0n) is 10.2. The molecule has 1 aromatic heterocycles. The molecule has 1 heterocycles. The number of halogens is 3. The van der Waals surface area contributed by atoms with Crippen LogP contribution < -0.4 is 0 Å². The van der Waals surface area contributed by atoms with Gasteiger partial charge in [0.15, 0.2) is 0 Å². The van der Waals surface area contributed by atoms with Crippen molar-refractivity contribution in [2.24, 2.45) is 0 Å². The van der Waals surface area contributed by atoms with E-state index in [4.69, 9.17) is 0 Å². The van der Waals surface area contributed by atoms with Crippen molar-refractivity contribution in [2.75, 3.05) is 16.0 Å². The molecule has 0 saturated heterocycles. The Morgan fingerprint density at radius 1 is 0.944 bits per heavy atom. The molecule has 100 valence electrons. The summed E-state index contributed by atoms with van der Waals surface area (Å²) in [5.41, 5.74) is 1.23. The first-order valence-electron chi connectivity index (χ1n) is 5.92. The quantitative estimate of drug-likeness (QED) is 0.599. The van der Waals surface area contributed by atoms with Gasteiger partial charge in [-0.05, 0) is 18.9 Å². The van der Waals surface area contributed by atoms with Gasteiger partial charge >= 0.3 is 0 Å². The van der Waals surface area contributed by atoms with Crippen LogP contribution in [0.2, 0.25) is 0 Å². The molecule has 2 rings (SSSR count). The van der Waals surface area contributed by atoms with E-state index in [0.717, 1.165) is 29.0 Å². The SMILES string of the molecule is BrCCCBr.BrCCCn1ncc2ccccc21. The highest BCUT2D eigenvalue weighted by atomic mass is 79.9. The number of benzene rings is 1. The van der Waals surface area contributed by atoms with Gasteiger partial charge in [0.2, 0.25) is 0 Å². The Hall–Kier alpha value is 0.130. The Balaban J connectivity index is 0.000000280. The molecule has 2 nitrogen and oxygen atoms in total.